The van der Waals surface area contributed by atoms with Gasteiger partial charge in [0.15, 0.2) is 0 Å². The van der Waals surface area contributed by atoms with Crippen molar-refractivity contribution < 1.29 is 13.2 Å². The minimum atomic E-state index is -4.44. The van der Waals surface area contributed by atoms with Crippen LogP contribution in [0.2, 0.25) is 0 Å². The van der Waals surface area contributed by atoms with E-state index in [1.807, 2.05) is 36.4 Å². The van der Waals surface area contributed by atoms with Gasteiger partial charge in [-0.15, -0.1) is 0 Å². The van der Waals surface area contributed by atoms with E-state index in [4.69, 9.17) is 5.73 Å². The maximum absolute atomic E-state index is 13.0. The zero-order valence-electron chi connectivity index (χ0n) is 11.1. The number of nitrogens with zero attached hydrogens (tertiary/aromatic N) is 1. The van der Waals surface area contributed by atoms with Gasteiger partial charge in [-0.05, 0) is 30.1 Å². The molecule has 0 aliphatic heterocycles. The Morgan fingerprint density at radius 3 is 2.57 bits per heavy atom. The standard InChI is InChI=1S/C15H14F3N3/c16-15(17,18)14-12-8-11(19)7-10(13(12)20-21-14)6-9-4-2-1-3-5-9/h1-6,11H,7-8,19H2,(H,20,21). The molecule has 1 atom stereocenters. The van der Waals surface area contributed by atoms with Gasteiger partial charge in [-0.25, -0.2) is 0 Å². The molecule has 0 spiro atoms. The molecule has 0 amide bonds. The maximum Gasteiger partial charge on any atom is 0.433 e. The number of aromatic amines is 1. The van der Waals surface area contributed by atoms with Crippen LogP contribution in [0, 0.1) is 0 Å². The van der Waals surface area contributed by atoms with Crippen molar-refractivity contribution in [2.24, 2.45) is 5.73 Å². The fourth-order valence-corrected chi connectivity index (χ4v) is 2.66. The van der Waals surface area contributed by atoms with Crippen LogP contribution >= 0.6 is 0 Å². The first-order valence-corrected chi connectivity index (χ1v) is 6.61. The molecule has 6 heteroatoms. The Labute approximate surface area is 119 Å². The first-order valence-electron chi connectivity index (χ1n) is 6.61. The highest BCUT2D eigenvalue weighted by Crippen LogP contribution is 2.38. The Morgan fingerprint density at radius 2 is 1.90 bits per heavy atom. The van der Waals surface area contributed by atoms with Crippen molar-refractivity contribution in [2.45, 2.75) is 25.1 Å². The van der Waals surface area contributed by atoms with Gasteiger partial charge >= 0.3 is 6.18 Å². The molecule has 21 heavy (non-hydrogen) atoms. The molecule has 1 aromatic heterocycles. The topological polar surface area (TPSA) is 54.7 Å². The number of aromatic nitrogens is 2. The smallest absolute Gasteiger partial charge is 0.327 e. The highest BCUT2D eigenvalue weighted by atomic mass is 19.4. The van der Waals surface area contributed by atoms with Crippen molar-refractivity contribution in [2.75, 3.05) is 0 Å². The van der Waals surface area contributed by atoms with Gasteiger partial charge in [0, 0.05) is 11.6 Å². The molecule has 1 heterocycles. The van der Waals surface area contributed by atoms with Gasteiger partial charge in [0.05, 0.1) is 5.69 Å². The van der Waals surface area contributed by atoms with Crippen molar-refractivity contribution in [3.8, 4) is 0 Å². The van der Waals surface area contributed by atoms with Crippen molar-refractivity contribution in [1.29, 1.82) is 0 Å². The van der Waals surface area contributed by atoms with E-state index < -0.39 is 11.9 Å². The van der Waals surface area contributed by atoms with Crippen molar-refractivity contribution in [3.63, 3.8) is 0 Å². The number of nitrogens with two attached hydrogens (primary N) is 1. The largest absolute Gasteiger partial charge is 0.433 e. The van der Waals surface area contributed by atoms with Gasteiger partial charge in [0.2, 0.25) is 0 Å². The Balaban J connectivity index is 2.07. The van der Waals surface area contributed by atoms with Crippen LogP contribution in [0.4, 0.5) is 13.2 Å². The summed E-state index contributed by atoms with van der Waals surface area (Å²) >= 11 is 0. The number of nitrogens with one attached hydrogen (secondary N) is 1. The third-order valence-corrected chi connectivity index (χ3v) is 3.54. The molecular weight excluding hydrogens is 279 g/mol. The quantitative estimate of drug-likeness (QED) is 0.848. The second-order valence-electron chi connectivity index (χ2n) is 5.17. The summed E-state index contributed by atoms with van der Waals surface area (Å²) in [6, 6.07) is 9.10. The number of benzene rings is 1. The molecule has 3 nitrogen and oxygen atoms in total. The van der Waals surface area contributed by atoms with E-state index in [1.165, 1.54) is 0 Å². The van der Waals surface area contributed by atoms with Crippen LogP contribution in [-0.4, -0.2) is 16.2 Å². The molecule has 3 N–H and O–H groups in total. The number of halogens is 3. The summed E-state index contributed by atoms with van der Waals surface area (Å²) in [5.74, 6) is 0. The molecule has 0 radical (unpaired) electrons. The van der Waals surface area contributed by atoms with E-state index in [0.717, 1.165) is 11.1 Å². The first kappa shape index (κ1) is 13.9. The lowest BCUT2D eigenvalue weighted by atomic mass is 9.87. The van der Waals surface area contributed by atoms with Gasteiger partial charge in [0.1, 0.15) is 5.69 Å². The Hall–Kier alpha value is -2.08. The number of hydrogen-bond acceptors (Lipinski definition) is 2. The number of alkyl halides is 3. The summed E-state index contributed by atoms with van der Waals surface area (Å²) in [6.07, 6.45) is -1.88. The summed E-state index contributed by atoms with van der Waals surface area (Å²) in [5.41, 5.74) is 7.34. The first-order chi connectivity index (χ1) is 9.95. The molecule has 2 aromatic rings. The third kappa shape index (κ3) is 2.71. The zero-order valence-corrected chi connectivity index (χ0v) is 11.1. The molecule has 0 saturated carbocycles. The van der Waals surface area contributed by atoms with E-state index in [2.05, 4.69) is 10.2 Å². The monoisotopic (exact) mass is 293 g/mol. The molecule has 110 valence electrons. The Kier molecular flexibility index (Phi) is 3.33. The fraction of sp³-hybridized carbons (Fsp3) is 0.267. The van der Waals surface area contributed by atoms with Crippen LogP contribution in [0.25, 0.3) is 11.6 Å². The summed E-state index contributed by atoms with van der Waals surface area (Å²) in [5, 5.41) is 5.99. The maximum atomic E-state index is 13.0. The zero-order chi connectivity index (χ0) is 15.0. The third-order valence-electron chi connectivity index (χ3n) is 3.54. The Bertz CT molecular complexity index is 671. The van der Waals surface area contributed by atoms with Gasteiger partial charge in [-0.2, -0.15) is 18.3 Å². The SMILES string of the molecule is NC1CC(=Cc2ccccc2)c2n[nH]c(C(F)(F)F)c2C1. The van der Waals surface area contributed by atoms with Crippen LogP contribution in [0.15, 0.2) is 30.3 Å². The molecular formula is C15H14F3N3. The molecule has 1 aliphatic rings. The molecule has 3 rings (SSSR count). The number of H-pyrrole nitrogens is 1. The van der Waals surface area contributed by atoms with E-state index in [9.17, 15) is 13.2 Å². The minimum Gasteiger partial charge on any atom is -0.327 e. The van der Waals surface area contributed by atoms with Gasteiger partial charge in [-0.1, -0.05) is 30.3 Å². The molecule has 1 aromatic carbocycles. The van der Waals surface area contributed by atoms with E-state index in [0.29, 0.717) is 12.1 Å². The highest BCUT2D eigenvalue weighted by Gasteiger charge is 2.39. The minimum absolute atomic E-state index is 0.170. The lowest BCUT2D eigenvalue weighted by Gasteiger charge is -2.21. The number of fused-ring (bicyclic) bond motifs is 1. The van der Waals surface area contributed by atoms with Gasteiger partial charge in [0.25, 0.3) is 0 Å². The van der Waals surface area contributed by atoms with Crippen LogP contribution in [0.5, 0.6) is 0 Å². The van der Waals surface area contributed by atoms with Gasteiger partial charge in [-0.3, -0.25) is 5.10 Å². The van der Waals surface area contributed by atoms with Crippen molar-refractivity contribution in [1.82, 2.24) is 10.2 Å². The van der Waals surface area contributed by atoms with Crippen molar-refractivity contribution >= 4 is 11.6 Å². The van der Waals surface area contributed by atoms with Crippen molar-refractivity contribution in [3.05, 3.63) is 52.8 Å². The average molecular weight is 293 g/mol. The lowest BCUT2D eigenvalue weighted by molar-refractivity contribution is -0.141. The molecule has 0 fully saturated rings. The number of rotatable bonds is 1. The summed E-state index contributed by atoms with van der Waals surface area (Å²) in [6.45, 7) is 0. The normalized spacial score (nSPS) is 20.6. The molecule has 0 bridgehead atoms. The Morgan fingerprint density at radius 1 is 1.19 bits per heavy atom. The van der Waals surface area contributed by atoms with Crippen LogP contribution < -0.4 is 5.73 Å². The molecule has 1 unspecified atom stereocenters. The van der Waals surface area contributed by atoms with Crippen LogP contribution in [-0.2, 0) is 12.6 Å². The van der Waals surface area contributed by atoms with Crippen LogP contribution in [0.1, 0.15) is 28.9 Å². The highest BCUT2D eigenvalue weighted by molar-refractivity contribution is 5.82. The van der Waals surface area contributed by atoms with E-state index in [-0.39, 0.29) is 18.0 Å². The second kappa shape index (κ2) is 5.04. The van der Waals surface area contributed by atoms with Crippen LogP contribution in [0.3, 0.4) is 0 Å². The molecule has 1 aliphatic carbocycles. The summed E-state index contributed by atoms with van der Waals surface area (Å²) in [4.78, 5) is 0. The lowest BCUT2D eigenvalue weighted by Crippen LogP contribution is -2.28. The summed E-state index contributed by atoms with van der Waals surface area (Å²) in [7, 11) is 0. The second-order valence-corrected chi connectivity index (χ2v) is 5.17. The van der Waals surface area contributed by atoms with E-state index >= 15 is 0 Å². The number of hydrogen-bond donors (Lipinski definition) is 2. The average Bonchev–Trinajstić information content (AvgIpc) is 2.83. The van der Waals surface area contributed by atoms with E-state index in [1.54, 1.807) is 0 Å². The van der Waals surface area contributed by atoms with Gasteiger partial charge < -0.3 is 5.73 Å². The summed E-state index contributed by atoms with van der Waals surface area (Å²) < 4.78 is 38.9. The fourth-order valence-electron chi connectivity index (χ4n) is 2.66. The molecule has 0 saturated heterocycles. The predicted octanol–water partition coefficient (Wildman–Crippen LogP) is 3.24. The predicted molar refractivity (Wildman–Crippen MR) is 74.2 cm³/mol.